The van der Waals surface area contributed by atoms with Crippen LogP contribution in [0.1, 0.15) is 29.6 Å². The van der Waals surface area contributed by atoms with E-state index in [0.29, 0.717) is 13.0 Å². The van der Waals surface area contributed by atoms with Crippen LogP contribution in [-0.4, -0.2) is 36.6 Å². The molecule has 0 aliphatic carbocycles. The van der Waals surface area contributed by atoms with E-state index >= 15 is 0 Å². The van der Waals surface area contributed by atoms with Gasteiger partial charge in [-0.25, -0.2) is 9.18 Å². The molecule has 114 valence electrons. The van der Waals surface area contributed by atoms with Crippen LogP contribution in [0.3, 0.4) is 0 Å². The lowest BCUT2D eigenvalue weighted by atomic mass is 9.98. The SMILES string of the molecule is CNC(=O)C1CCCCN1c1ccc(F)c(N)c1C(=O)O. The molecule has 21 heavy (non-hydrogen) atoms. The first-order valence-corrected chi connectivity index (χ1v) is 6.77. The standard InChI is InChI=1S/C14H18FN3O3/c1-17-13(19)10-4-2-3-7-18(10)9-6-5-8(15)12(16)11(9)14(20)21/h5-6,10H,2-4,7,16H2,1H3,(H,17,19)(H,20,21). The molecule has 1 aromatic carbocycles. The minimum absolute atomic E-state index is 0.186. The highest BCUT2D eigenvalue weighted by Gasteiger charge is 2.31. The quantitative estimate of drug-likeness (QED) is 0.728. The van der Waals surface area contributed by atoms with Crippen molar-refractivity contribution in [3.8, 4) is 0 Å². The van der Waals surface area contributed by atoms with Gasteiger partial charge in [0.2, 0.25) is 5.91 Å². The lowest BCUT2D eigenvalue weighted by molar-refractivity contribution is -0.122. The highest BCUT2D eigenvalue weighted by molar-refractivity contribution is 6.01. The third-order valence-corrected chi connectivity index (χ3v) is 3.75. The normalized spacial score (nSPS) is 18.4. The molecule has 2 rings (SSSR count). The summed E-state index contributed by atoms with van der Waals surface area (Å²) in [5, 5.41) is 11.9. The zero-order chi connectivity index (χ0) is 15.6. The van der Waals surface area contributed by atoms with Gasteiger partial charge in [0.1, 0.15) is 17.4 Å². The molecule has 0 bridgehead atoms. The number of amides is 1. The summed E-state index contributed by atoms with van der Waals surface area (Å²) in [5.41, 5.74) is 5.16. The number of likely N-dealkylation sites (N-methyl/N-ethyl adjacent to an activating group) is 1. The number of piperidine rings is 1. The van der Waals surface area contributed by atoms with E-state index < -0.39 is 23.5 Å². The fourth-order valence-electron chi connectivity index (χ4n) is 2.71. The van der Waals surface area contributed by atoms with E-state index in [4.69, 9.17) is 5.73 Å². The van der Waals surface area contributed by atoms with E-state index in [2.05, 4.69) is 5.32 Å². The van der Waals surface area contributed by atoms with Gasteiger partial charge in [-0.15, -0.1) is 0 Å². The van der Waals surface area contributed by atoms with Gasteiger partial charge in [0.25, 0.3) is 0 Å². The van der Waals surface area contributed by atoms with Gasteiger partial charge >= 0.3 is 5.97 Å². The molecule has 1 aromatic rings. The number of hydrogen-bond donors (Lipinski definition) is 3. The van der Waals surface area contributed by atoms with E-state index in [1.807, 2.05) is 0 Å². The third kappa shape index (κ3) is 2.76. The molecule has 7 heteroatoms. The Labute approximate surface area is 121 Å². The van der Waals surface area contributed by atoms with Gasteiger partial charge in [-0.3, -0.25) is 4.79 Å². The Balaban J connectivity index is 2.50. The van der Waals surface area contributed by atoms with Crippen molar-refractivity contribution in [2.45, 2.75) is 25.3 Å². The molecule has 0 radical (unpaired) electrons. The van der Waals surface area contributed by atoms with Gasteiger partial charge in [-0.1, -0.05) is 0 Å². The first kappa shape index (κ1) is 15.1. The maximum atomic E-state index is 13.5. The number of hydrogen-bond acceptors (Lipinski definition) is 4. The highest BCUT2D eigenvalue weighted by atomic mass is 19.1. The molecule has 0 spiro atoms. The van der Waals surface area contributed by atoms with Crippen LogP contribution in [0, 0.1) is 5.82 Å². The maximum Gasteiger partial charge on any atom is 0.340 e. The van der Waals surface area contributed by atoms with Crippen molar-refractivity contribution < 1.29 is 19.1 Å². The van der Waals surface area contributed by atoms with Gasteiger partial charge in [0, 0.05) is 13.6 Å². The van der Waals surface area contributed by atoms with Crippen molar-refractivity contribution in [2.75, 3.05) is 24.2 Å². The summed E-state index contributed by atoms with van der Waals surface area (Å²) >= 11 is 0. The number of halogens is 1. The first-order chi connectivity index (χ1) is 9.97. The summed E-state index contributed by atoms with van der Waals surface area (Å²) < 4.78 is 13.5. The van der Waals surface area contributed by atoms with E-state index in [9.17, 15) is 19.1 Å². The van der Waals surface area contributed by atoms with E-state index in [0.717, 1.165) is 18.9 Å². The van der Waals surface area contributed by atoms with Gasteiger partial charge in [-0.05, 0) is 31.4 Å². The molecular weight excluding hydrogens is 277 g/mol. The fourth-order valence-corrected chi connectivity index (χ4v) is 2.71. The number of benzene rings is 1. The number of carboxylic acids is 1. The number of carboxylic acid groups (broad SMARTS) is 1. The molecule has 1 unspecified atom stereocenters. The molecular formula is C14H18FN3O3. The largest absolute Gasteiger partial charge is 0.478 e. The Morgan fingerprint density at radius 3 is 2.76 bits per heavy atom. The van der Waals surface area contributed by atoms with Crippen LogP contribution in [0.15, 0.2) is 12.1 Å². The maximum absolute atomic E-state index is 13.5. The third-order valence-electron chi connectivity index (χ3n) is 3.75. The summed E-state index contributed by atoms with van der Waals surface area (Å²) in [4.78, 5) is 25.1. The Bertz CT molecular complexity index is 577. The Morgan fingerprint density at radius 2 is 2.14 bits per heavy atom. The lowest BCUT2D eigenvalue weighted by Crippen LogP contribution is -2.49. The molecule has 1 heterocycles. The van der Waals surface area contributed by atoms with Gasteiger partial charge < -0.3 is 21.1 Å². The zero-order valence-corrected chi connectivity index (χ0v) is 11.7. The number of carbonyl (C=O) groups is 2. The Kier molecular flexibility index (Phi) is 4.30. The first-order valence-electron chi connectivity index (χ1n) is 6.77. The second-order valence-corrected chi connectivity index (χ2v) is 4.98. The molecule has 4 N–H and O–H groups in total. The summed E-state index contributed by atoms with van der Waals surface area (Å²) in [7, 11) is 1.53. The molecule has 0 saturated carbocycles. The molecule has 6 nitrogen and oxygen atoms in total. The van der Waals surface area contributed by atoms with Crippen LogP contribution >= 0.6 is 0 Å². The van der Waals surface area contributed by atoms with Crippen molar-refractivity contribution in [3.63, 3.8) is 0 Å². The number of nitrogen functional groups attached to an aromatic ring is 1. The molecule has 1 atom stereocenters. The number of anilines is 2. The van der Waals surface area contributed by atoms with Crippen molar-refractivity contribution >= 4 is 23.3 Å². The minimum Gasteiger partial charge on any atom is -0.478 e. The predicted octanol–water partition coefficient (Wildman–Crippen LogP) is 1.21. The Hall–Kier alpha value is -2.31. The Morgan fingerprint density at radius 1 is 1.43 bits per heavy atom. The van der Waals surface area contributed by atoms with E-state index in [-0.39, 0.29) is 17.2 Å². The lowest BCUT2D eigenvalue weighted by Gasteiger charge is -2.37. The monoisotopic (exact) mass is 295 g/mol. The van der Waals surface area contributed by atoms with E-state index in [1.54, 1.807) is 4.90 Å². The van der Waals surface area contributed by atoms with Crippen LogP contribution in [0.4, 0.5) is 15.8 Å². The minimum atomic E-state index is -1.30. The number of carbonyl (C=O) groups excluding carboxylic acids is 1. The summed E-state index contributed by atoms with van der Waals surface area (Å²) in [6.45, 7) is 0.531. The van der Waals surface area contributed by atoms with Crippen LogP contribution in [0.25, 0.3) is 0 Å². The number of nitrogens with one attached hydrogen (secondary N) is 1. The van der Waals surface area contributed by atoms with Crippen LogP contribution in [0.2, 0.25) is 0 Å². The van der Waals surface area contributed by atoms with Crippen molar-refractivity contribution in [3.05, 3.63) is 23.5 Å². The summed E-state index contributed by atoms with van der Waals surface area (Å²) in [6.07, 6.45) is 2.34. The van der Waals surface area contributed by atoms with Gasteiger partial charge in [-0.2, -0.15) is 0 Å². The van der Waals surface area contributed by atoms with Crippen LogP contribution < -0.4 is 16.0 Å². The van der Waals surface area contributed by atoms with E-state index in [1.165, 1.54) is 13.1 Å². The molecule has 1 amide bonds. The van der Waals surface area contributed by atoms with Crippen molar-refractivity contribution in [2.24, 2.45) is 0 Å². The topological polar surface area (TPSA) is 95.7 Å². The molecule has 1 fully saturated rings. The number of nitrogens with zero attached hydrogens (tertiary/aromatic N) is 1. The summed E-state index contributed by atoms with van der Waals surface area (Å²) in [6, 6.07) is 2.04. The highest BCUT2D eigenvalue weighted by Crippen LogP contribution is 2.32. The summed E-state index contributed by atoms with van der Waals surface area (Å²) in [5.74, 6) is -2.26. The molecule has 0 aromatic heterocycles. The number of aromatic carboxylic acids is 1. The smallest absolute Gasteiger partial charge is 0.340 e. The van der Waals surface area contributed by atoms with Gasteiger partial charge in [0.05, 0.1) is 11.4 Å². The van der Waals surface area contributed by atoms with Crippen molar-refractivity contribution in [1.82, 2.24) is 5.32 Å². The average molecular weight is 295 g/mol. The number of nitrogens with two attached hydrogens (primary N) is 1. The second-order valence-electron chi connectivity index (χ2n) is 4.98. The van der Waals surface area contributed by atoms with Crippen molar-refractivity contribution in [1.29, 1.82) is 0 Å². The average Bonchev–Trinajstić information content (AvgIpc) is 2.48. The van der Waals surface area contributed by atoms with Gasteiger partial charge in [0.15, 0.2) is 0 Å². The molecule has 1 aliphatic heterocycles. The predicted molar refractivity (Wildman–Crippen MR) is 76.8 cm³/mol. The molecule has 1 aliphatic rings. The number of rotatable bonds is 3. The zero-order valence-electron chi connectivity index (χ0n) is 11.7. The molecule has 1 saturated heterocycles. The van der Waals surface area contributed by atoms with Crippen LogP contribution in [-0.2, 0) is 4.79 Å². The second kappa shape index (κ2) is 5.99. The fraction of sp³-hybridized carbons (Fsp3) is 0.429. The van der Waals surface area contributed by atoms with Crippen LogP contribution in [0.5, 0.6) is 0 Å².